The fourth-order valence-electron chi connectivity index (χ4n) is 14.7. The molecular formula is C88H165NO13. The molecule has 2 heterocycles. The summed E-state index contributed by atoms with van der Waals surface area (Å²) in [6.45, 7) is 2.82. The molecule has 0 aromatic heterocycles. The molecule has 0 saturated carbocycles. The molecule has 14 nitrogen and oxygen atoms in total. The molecule has 12 atom stereocenters. The lowest BCUT2D eigenvalue weighted by atomic mass is 9.97. The van der Waals surface area contributed by atoms with Crippen LogP contribution in [-0.2, 0) is 23.7 Å². The summed E-state index contributed by atoms with van der Waals surface area (Å²) in [7, 11) is 0. The van der Waals surface area contributed by atoms with Gasteiger partial charge < -0.3 is 65.1 Å². The summed E-state index contributed by atoms with van der Waals surface area (Å²) >= 11 is 0. The quantitative estimate of drug-likeness (QED) is 0.0204. The van der Waals surface area contributed by atoms with Gasteiger partial charge in [0.25, 0.3) is 0 Å². The number of carbonyl (C=O) groups is 1. The van der Waals surface area contributed by atoms with E-state index in [4.69, 9.17) is 18.9 Å². The molecule has 0 aromatic rings. The first kappa shape index (κ1) is 96.0. The highest BCUT2D eigenvalue weighted by Crippen LogP contribution is 2.31. The standard InChI is InChI=1S/C88H165NO13/c1-3-5-7-9-11-13-15-17-19-21-23-25-27-29-31-33-35-37-38-40-42-44-46-48-50-52-54-56-58-60-62-64-66-68-70-72-80(93)89-76(75-99-87-85(98)83(96)86(79(74-91)101-87)102-88-84(97)82(95)81(94)78(73-90)100-88)77(92)71-69-67-65-63-61-59-57-55-53-51-49-47-45-43-41-39-36-34-32-30-28-26-24-22-20-18-16-14-12-10-8-6-4-2/h5,7,11,13,17,19,23,25,76-79,81-88,90-92,94-98H,3-4,6,8-10,12,14-16,18,20-22,24,26-75H2,1-2H3,(H,89,93)/b7-5-,13-11-,19-17-,25-23-. The fourth-order valence-corrected chi connectivity index (χ4v) is 14.7. The van der Waals surface area contributed by atoms with Crippen LogP contribution in [0.2, 0.25) is 0 Å². The second-order valence-electron chi connectivity index (χ2n) is 31.0. The van der Waals surface area contributed by atoms with Crippen molar-refractivity contribution in [1.82, 2.24) is 5.32 Å². The summed E-state index contributed by atoms with van der Waals surface area (Å²) in [5.41, 5.74) is 0. The lowest BCUT2D eigenvalue weighted by Crippen LogP contribution is -2.65. The minimum Gasteiger partial charge on any atom is -0.394 e. The maximum atomic E-state index is 13.4. The van der Waals surface area contributed by atoms with Gasteiger partial charge in [0, 0.05) is 6.42 Å². The van der Waals surface area contributed by atoms with Crippen molar-refractivity contribution in [3.8, 4) is 0 Å². The zero-order valence-corrected chi connectivity index (χ0v) is 66.1. The Morgan fingerprint density at radius 2 is 0.676 bits per heavy atom. The summed E-state index contributed by atoms with van der Waals surface area (Å²) < 4.78 is 23.0. The van der Waals surface area contributed by atoms with Gasteiger partial charge in [0.05, 0.1) is 32.0 Å². The van der Waals surface area contributed by atoms with Gasteiger partial charge in [-0.2, -0.15) is 0 Å². The number of hydrogen-bond acceptors (Lipinski definition) is 13. The Hall–Kier alpha value is -2.05. The van der Waals surface area contributed by atoms with Gasteiger partial charge in [0.15, 0.2) is 12.6 Å². The molecule has 600 valence electrons. The molecule has 0 aromatic carbocycles. The molecule has 9 N–H and O–H groups in total. The van der Waals surface area contributed by atoms with E-state index in [0.29, 0.717) is 12.8 Å². The van der Waals surface area contributed by atoms with Crippen molar-refractivity contribution in [1.29, 1.82) is 0 Å². The second-order valence-corrected chi connectivity index (χ2v) is 31.0. The fraction of sp³-hybridized carbons (Fsp3) is 0.898. The number of allylic oxidation sites excluding steroid dienone is 8. The van der Waals surface area contributed by atoms with Crippen LogP contribution in [-0.4, -0.2) is 140 Å². The normalized spacial score (nSPS) is 21.8. The summed E-state index contributed by atoms with van der Waals surface area (Å²) in [5, 5.41) is 88.0. The number of aliphatic hydroxyl groups is 8. The Morgan fingerprint density at radius 3 is 1.04 bits per heavy atom. The number of rotatable bonds is 75. The first-order chi connectivity index (χ1) is 50.1. The van der Waals surface area contributed by atoms with Crippen LogP contribution in [0.15, 0.2) is 48.6 Å². The van der Waals surface area contributed by atoms with Gasteiger partial charge >= 0.3 is 0 Å². The third kappa shape index (κ3) is 53.7. The molecule has 2 fully saturated rings. The molecule has 2 saturated heterocycles. The lowest BCUT2D eigenvalue weighted by Gasteiger charge is -2.46. The number of hydrogen-bond donors (Lipinski definition) is 9. The molecule has 0 bridgehead atoms. The average molecular weight is 1450 g/mol. The molecule has 2 rings (SSSR count). The monoisotopic (exact) mass is 1440 g/mol. The summed E-state index contributed by atoms with van der Waals surface area (Å²) in [5.74, 6) is -0.198. The van der Waals surface area contributed by atoms with E-state index in [9.17, 15) is 45.6 Å². The molecule has 2 aliphatic heterocycles. The van der Waals surface area contributed by atoms with Gasteiger partial charge in [-0.05, 0) is 51.4 Å². The van der Waals surface area contributed by atoms with Crippen molar-refractivity contribution in [2.24, 2.45) is 0 Å². The number of unbranched alkanes of at least 4 members (excludes halogenated alkanes) is 54. The van der Waals surface area contributed by atoms with Crippen LogP contribution in [0.25, 0.3) is 0 Å². The maximum absolute atomic E-state index is 13.4. The van der Waals surface area contributed by atoms with Crippen LogP contribution in [0.4, 0.5) is 0 Å². The molecule has 14 heteroatoms. The Balaban J connectivity index is 1.56. The van der Waals surface area contributed by atoms with E-state index < -0.39 is 86.8 Å². The van der Waals surface area contributed by atoms with E-state index in [0.717, 1.165) is 77.0 Å². The van der Waals surface area contributed by atoms with E-state index >= 15 is 0 Å². The van der Waals surface area contributed by atoms with E-state index in [2.05, 4.69) is 67.8 Å². The van der Waals surface area contributed by atoms with Crippen molar-refractivity contribution in [3.05, 3.63) is 48.6 Å². The van der Waals surface area contributed by atoms with Crippen molar-refractivity contribution in [3.63, 3.8) is 0 Å². The van der Waals surface area contributed by atoms with Crippen LogP contribution >= 0.6 is 0 Å². The number of ether oxygens (including phenoxy) is 4. The molecule has 1 amide bonds. The Bertz CT molecular complexity index is 1900. The van der Waals surface area contributed by atoms with Crippen LogP contribution < -0.4 is 5.32 Å². The Labute approximate surface area is 626 Å². The Kier molecular flexibility index (Phi) is 67.6. The van der Waals surface area contributed by atoms with Crippen LogP contribution in [0.1, 0.15) is 412 Å². The predicted octanol–water partition coefficient (Wildman–Crippen LogP) is 20.9. The molecular weight excluding hydrogens is 1280 g/mol. The van der Waals surface area contributed by atoms with Gasteiger partial charge in [-0.25, -0.2) is 0 Å². The molecule has 0 spiro atoms. The van der Waals surface area contributed by atoms with Crippen molar-refractivity contribution in [2.75, 3.05) is 19.8 Å². The summed E-state index contributed by atoms with van der Waals surface area (Å²) in [4.78, 5) is 13.4. The first-order valence-electron chi connectivity index (χ1n) is 43.9. The van der Waals surface area contributed by atoms with Gasteiger partial charge in [-0.3, -0.25) is 4.79 Å². The minimum absolute atomic E-state index is 0.198. The highest BCUT2D eigenvalue weighted by molar-refractivity contribution is 5.76. The van der Waals surface area contributed by atoms with Crippen molar-refractivity contribution < 1.29 is 64.6 Å². The maximum Gasteiger partial charge on any atom is 0.220 e. The molecule has 0 aliphatic carbocycles. The van der Waals surface area contributed by atoms with Gasteiger partial charge in [0.2, 0.25) is 5.91 Å². The molecule has 2 aliphatic rings. The van der Waals surface area contributed by atoms with Gasteiger partial charge in [-0.1, -0.05) is 403 Å². The van der Waals surface area contributed by atoms with E-state index in [1.807, 2.05) is 0 Å². The predicted molar refractivity (Wildman–Crippen MR) is 424 cm³/mol. The average Bonchev–Trinajstić information content (AvgIpc) is 0.790. The van der Waals surface area contributed by atoms with Crippen LogP contribution in [0.3, 0.4) is 0 Å². The smallest absolute Gasteiger partial charge is 0.220 e. The Morgan fingerprint density at radius 1 is 0.363 bits per heavy atom. The largest absolute Gasteiger partial charge is 0.394 e. The topological polar surface area (TPSA) is 228 Å². The summed E-state index contributed by atoms with van der Waals surface area (Å²) in [6.07, 6.45) is 80.4. The van der Waals surface area contributed by atoms with E-state index in [-0.39, 0.29) is 12.5 Å². The molecule has 12 unspecified atom stereocenters. The second kappa shape index (κ2) is 71.8. The van der Waals surface area contributed by atoms with Gasteiger partial charge in [0.1, 0.15) is 48.8 Å². The highest BCUT2D eigenvalue weighted by atomic mass is 16.7. The highest BCUT2D eigenvalue weighted by Gasteiger charge is 2.51. The number of amides is 1. The third-order valence-corrected chi connectivity index (χ3v) is 21.6. The zero-order valence-electron chi connectivity index (χ0n) is 66.1. The third-order valence-electron chi connectivity index (χ3n) is 21.6. The number of carbonyl (C=O) groups excluding carboxylic acids is 1. The van der Waals surface area contributed by atoms with E-state index in [1.165, 1.54) is 308 Å². The summed E-state index contributed by atoms with van der Waals surface area (Å²) in [6, 6.07) is -0.830. The van der Waals surface area contributed by atoms with Gasteiger partial charge in [-0.15, -0.1) is 0 Å². The number of nitrogens with one attached hydrogen (secondary N) is 1. The SMILES string of the molecule is CC/C=C\C/C=C\C/C=C\C/C=C\CCCCCCCCCCCCCCCCCCCCCCCCC(=O)NC(COC1OC(CO)C(OC2OC(CO)C(O)C(O)C2O)C(O)C1O)C(O)CCCCCCCCCCCCCCCCCCCCCCCCCCCCCCCCCCC. The first-order valence-corrected chi connectivity index (χ1v) is 43.9. The zero-order chi connectivity index (χ0) is 73.7. The number of aliphatic hydroxyl groups excluding tert-OH is 8. The van der Waals surface area contributed by atoms with Crippen LogP contribution in [0, 0.1) is 0 Å². The van der Waals surface area contributed by atoms with Crippen molar-refractivity contribution in [2.45, 2.75) is 485 Å². The molecule has 102 heavy (non-hydrogen) atoms. The van der Waals surface area contributed by atoms with Crippen LogP contribution in [0.5, 0.6) is 0 Å². The molecule has 0 radical (unpaired) electrons. The lowest BCUT2D eigenvalue weighted by molar-refractivity contribution is -0.359. The van der Waals surface area contributed by atoms with E-state index in [1.54, 1.807) is 0 Å². The minimum atomic E-state index is -1.78. The van der Waals surface area contributed by atoms with Crippen molar-refractivity contribution >= 4 is 5.91 Å².